The van der Waals surface area contributed by atoms with Crippen molar-refractivity contribution in [1.82, 2.24) is 24.1 Å². The van der Waals surface area contributed by atoms with Gasteiger partial charge in [0.25, 0.3) is 0 Å². The first kappa shape index (κ1) is 41.3. The van der Waals surface area contributed by atoms with E-state index in [2.05, 4.69) is 235 Å². The topological polar surface area (TPSA) is 48.5 Å². The van der Waals surface area contributed by atoms with Crippen LogP contribution in [-0.4, -0.2) is 24.1 Å². The lowest BCUT2D eigenvalue weighted by molar-refractivity contribution is 0.651. The third kappa shape index (κ3) is 6.49. The van der Waals surface area contributed by atoms with Gasteiger partial charge in [-0.2, -0.15) is 0 Å². The lowest BCUT2D eigenvalue weighted by Crippen LogP contribution is -2.16. The first-order valence-corrected chi connectivity index (χ1v) is 25.0. The average molecular weight is 912 g/mol. The molecule has 5 heteroatoms. The molecule has 0 radical (unpaired) electrons. The van der Waals surface area contributed by atoms with Crippen LogP contribution < -0.4 is 0 Å². The molecule has 5 nitrogen and oxygen atoms in total. The van der Waals surface area contributed by atoms with Gasteiger partial charge in [-0.3, -0.25) is 0 Å². The van der Waals surface area contributed by atoms with Crippen LogP contribution in [0.1, 0.15) is 50.7 Å². The van der Waals surface area contributed by atoms with E-state index < -0.39 is 0 Å². The highest BCUT2D eigenvalue weighted by atomic mass is 15.1. The Morgan fingerprint density at radius 3 is 1.75 bits per heavy atom. The van der Waals surface area contributed by atoms with Crippen molar-refractivity contribution in [2.75, 3.05) is 0 Å². The first-order valence-electron chi connectivity index (χ1n) is 25.0. The summed E-state index contributed by atoms with van der Waals surface area (Å²) in [5, 5.41) is 4.91. The van der Waals surface area contributed by atoms with Gasteiger partial charge in [0.05, 0.1) is 27.8 Å². The Labute approximate surface area is 413 Å². The second-order valence-electron chi connectivity index (χ2n) is 19.7. The molecule has 0 aliphatic heterocycles. The van der Waals surface area contributed by atoms with Crippen molar-refractivity contribution in [3.8, 4) is 62.1 Å². The largest absolute Gasteiger partial charge is 0.310 e. The SMILES string of the molecule is CC1(C)C2=C(CCC=C2)c2ccc(-c3nc(-c4cccc(-c5ccccc5)c4)nc(-c4ccccc4-n4c5ccccc5c5c(-c6cccc7c6c6ccccc6n7C6=CCCC=C6)cccc54)n3)cc21. The van der Waals surface area contributed by atoms with Gasteiger partial charge in [0, 0.05) is 49.3 Å². The zero-order valence-electron chi connectivity index (χ0n) is 39.8. The molecule has 14 rings (SSSR count). The van der Waals surface area contributed by atoms with Gasteiger partial charge in [0.15, 0.2) is 17.5 Å². The molecule has 11 aromatic rings. The summed E-state index contributed by atoms with van der Waals surface area (Å²) in [6.07, 6.45) is 15.9. The number of nitrogens with zero attached hydrogens (tertiary/aromatic N) is 5. The Kier molecular flexibility index (Phi) is 9.44. The van der Waals surface area contributed by atoms with E-state index in [9.17, 15) is 0 Å². The molecule has 0 spiro atoms. The number of benzene rings is 8. The van der Waals surface area contributed by atoms with Crippen molar-refractivity contribution in [2.24, 2.45) is 0 Å². The maximum absolute atomic E-state index is 5.47. The molecule has 8 aromatic carbocycles. The fourth-order valence-electron chi connectivity index (χ4n) is 12.0. The van der Waals surface area contributed by atoms with Crippen LogP contribution in [0.5, 0.6) is 0 Å². The van der Waals surface area contributed by atoms with Crippen LogP contribution >= 0.6 is 0 Å². The van der Waals surface area contributed by atoms with Gasteiger partial charge in [0.2, 0.25) is 0 Å². The maximum atomic E-state index is 5.47. The van der Waals surface area contributed by atoms with Gasteiger partial charge >= 0.3 is 0 Å². The highest BCUT2D eigenvalue weighted by Crippen LogP contribution is 2.51. The van der Waals surface area contributed by atoms with Crippen LogP contribution in [0.3, 0.4) is 0 Å². The molecule has 3 aliphatic rings. The molecular formula is C66H49N5. The number of allylic oxidation sites excluding steroid dienone is 8. The quantitative estimate of drug-likeness (QED) is 0.160. The highest BCUT2D eigenvalue weighted by Gasteiger charge is 2.37. The Bertz CT molecular complexity index is 4130. The van der Waals surface area contributed by atoms with Crippen LogP contribution in [0.25, 0.3) is 117 Å². The molecule has 3 aliphatic carbocycles. The van der Waals surface area contributed by atoms with Crippen LogP contribution in [-0.2, 0) is 5.41 Å². The fraction of sp³-hybridized carbons (Fsp3) is 0.106. The Balaban J connectivity index is 0.982. The fourth-order valence-corrected chi connectivity index (χ4v) is 12.0. The van der Waals surface area contributed by atoms with Crippen molar-refractivity contribution in [1.29, 1.82) is 0 Å². The summed E-state index contributed by atoms with van der Waals surface area (Å²) in [6, 6.07) is 65.9. The molecule has 0 bridgehead atoms. The Hall–Kier alpha value is -8.67. The van der Waals surface area contributed by atoms with Gasteiger partial charge in [-0.05, 0) is 125 Å². The predicted molar refractivity (Wildman–Crippen MR) is 295 cm³/mol. The number of rotatable bonds is 7. The van der Waals surface area contributed by atoms with E-state index >= 15 is 0 Å². The third-order valence-corrected chi connectivity index (χ3v) is 15.3. The minimum Gasteiger partial charge on any atom is -0.310 e. The first-order chi connectivity index (χ1) is 35.0. The summed E-state index contributed by atoms with van der Waals surface area (Å²) >= 11 is 0. The van der Waals surface area contributed by atoms with E-state index in [1.54, 1.807) is 0 Å². The van der Waals surface area contributed by atoms with E-state index in [0.717, 1.165) is 70.2 Å². The molecule has 0 atom stereocenters. The number of hydrogen-bond acceptors (Lipinski definition) is 3. The molecule has 0 unspecified atom stereocenters. The normalized spacial score (nSPS) is 15.0. The van der Waals surface area contributed by atoms with E-state index in [1.165, 1.54) is 71.7 Å². The summed E-state index contributed by atoms with van der Waals surface area (Å²) in [5.41, 5.74) is 19.8. The summed E-state index contributed by atoms with van der Waals surface area (Å²) in [5.74, 6) is 1.91. The molecule has 0 N–H and O–H groups in total. The van der Waals surface area contributed by atoms with E-state index in [4.69, 9.17) is 15.0 Å². The minimum atomic E-state index is -0.130. The van der Waals surface area contributed by atoms with Gasteiger partial charge in [-0.25, -0.2) is 15.0 Å². The Morgan fingerprint density at radius 1 is 0.423 bits per heavy atom. The summed E-state index contributed by atoms with van der Waals surface area (Å²) in [7, 11) is 0. The zero-order chi connectivity index (χ0) is 47.2. The summed E-state index contributed by atoms with van der Waals surface area (Å²) in [4.78, 5) is 16.2. The predicted octanol–water partition coefficient (Wildman–Crippen LogP) is 17.0. The summed E-state index contributed by atoms with van der Waals surface area (Å²) in [6.45, 7) is 4.71. The molecule has 0 saturated carbocycles. The molecule has 0 saturated heterocycles. The lowest BCUT2D eigenvalue weighted by atomic mass is 9.79. The average Bonchev–Trinajstić information content (AvgIpc) is 4.04. The zero-order valence-corrected chi connectivity index (χ0v) is 39.8. The highest BCUT2D eigenvalue weighted by molar-refractivity contribution is 6.22. The minimum absolute atomic E-state index is 0.130. The standard InChI is InChI=1S/C66H49N5/c1-66(2)54-32-13-9-26-47(54)48-39-38-45(41-55(48)66)64-67-63(44-23-17-22-43(40-44)42-20-5-3-6-21-42)68-65(69-64)53-29-12-16-35-58(53)71-57-34-15-11-28-52(57)62-50(31-19-37-60(62)71)49-30-18-36-59-61(49)51-27-10-14-33-56(51)70(59)46-24-7-4-8-25-46/h3,5-7,10-25,27-41H,4,8-9,26H2,1-2H3. The van der Waals surface area contributed by atoms with Crippen molar-refractivity contribution in [3.05, 3.63) is 229 Å². The molecule has 0 amide bonds. The van der Waals surface area contributed by atoms with Gasteiger partial charge in [0.1, 0.15) is 0 Å². The van der Waals surface area contributed by atoms with Gasteiger partial charge < -0.3 is 9.13 Å². The monoisotopic (exact) mass is 911 g/mol. The smallest absolute Gasteiger partial charge is 0.166 e. The van der Waals surface area contributed by atoms with E-state index in [1.807, 2.05) is 0 Å². The molecule has 3 aromatic heterocycles. The lowest BCUT2D eigenvalue weighted by Gasteiger charge is -2.24. The van der Waals surface area contributed by atoms with Gasteiger partial charge in [-0.1, -0.05) is 172 Å². The third-order valence-electron chi connectivity index (χ3n) is 15.3. The van der Waals surface area contributed by atoms with E-state index in [-0.39, 0.29) is 5.41 Å². The van der Waals surface area contributed by atoms with Crippen LogP contribution in [0, 0.1) is 0 Å². The van der Waals surface area contributed by atoms with Gasteiger partial charge in [-0.15, -0.1) is 0 Å². The Morgan fingerprint density at radius 2 is 1.00 bits per heavy atom. The molecule has 3 heterocycles. The van der Waals surface area contributed by atoms with Crippen molar-refractivity contribution >= 4 is 54.9 Å². The maximum Gasteiger partial charge on any atom is 0.166 e. The molecule has 338 valence electrons. The second kappa shape index (κ2) is 16.2. The van der Waals surface area contributed by atoms with Crippen molar-refractivity contribution in [3.63, 3.8) is 0 Å². The van der Waals surface area contributed by atoms with Crippen LogP contribution in [0.4, 0.5) is 0 Å². The molecule has 0 fully saturated rings. The van der Waals surface area contributed by atoms with Crippen LogP contribution in [0.15, 0.2) is 218 Å². The number of hydrogen-bond donors (Lipinski definition) is 0. The van der Waals surface area contributed by atoms with Crippen molar-refractivity contribution < 1.29 is 0 Å². The number of aromatic nitrogens is 5. The molecular weight excluding hydrogens is 863 g/mol. The summed E-state index contributed by atoms with van der Waals surface area (Å²) < 4.78 is 4.87. The van der Waals surface area contributed by atoms with Crippen LogP contribution in [0.2, 0.25) is 0 Å². The second-order valence-corrected chi connectivity index (χ2v) is 19.7. The molecule has 71 heavy (non-hydrogen) atoms. The number of para-hydroxylation sites is 3. The number of fused-ring (bicyclic) bond motifs is 8. The van der Waals surface area contributed by atoms with Crippen molar-refractivity contribution in [2.45, 2.75) is 44.9 Å². The van der Waals surface area contributed by atoms with E-state index in [0.29, 0.717) is 17.5 Å².